The van der Waals surface area contributed by atoms with Crippen LogP contribution >= 0.6 is 0 Å². The standard InChI is InChI=1S/C15H19NO/c1-10-6-2-5-9-13(10)16-15(17)14-11-7-3-4-8-12(11)14/h2,5-6,9,11-12,14H,3-4,7-8H2,1H3,(H,16,17)/t11-,12-/m0/s1. The van der Waals surface area contributed by atoms with E-state index in [0.717, 1.165) is 11.3 Å². The third-order valence-corrected chi connectivity index (χ3v) is 4.36. The van der Waals surface area contributed by atoms with E-state index in [1.165, 1.54) is 25.7 Å². The third-order valence-electron chi connectivity index (χ3n) is 4.36. The average Bonchev–Trinajstić information content (AvgIpc) is 3.06. The van der Waals surface area contributed by atoms with Gasteiger partial charge in [-0.05, 0) is 43.2 Å². The lowest BCUT2D eigenvalue weighted by Gasteiger charge is -2.07. The van der Waals surface area contributed by atoms with E-state index in [0.29, 0.717) is 17.8 Å². The number of carbonyl (C=O) groups excluding carboxylic acids is 1. The number of hydrogen-bond acceptors (Lipinski definition) is 1. The molecule has 2 nitrogen and oxygen atoms in total. The van der Waals surface area contributed by atoms with Crippen LogP contribution in [-0.4, -0.2) is 5.91 Å². The fourth-order valence-corrected chi connectivity index (χ4v) is 3.31. The molecule has 1 N–H and O–H groups in total. The molecule has 2 heteroatoms. The van der Waals surface area contributed by atoms with E-state index in [1.807, 2.05) is 31.2 Å². The van der Waals surface area contributed by atoms with Gasteiger partial charge in [0.1, 0.15) is 0 Å². The number of amides is 1. The fraction of sp³-hybridized carbons (Fsp3) is 0.533. The van der Waals surface area contributed by atoms with Crippen molar-refractivity contribution in [2.24, 2.45) is 17.8 Å². The number of hydrogen-bond donors (Lipinski definition) is 1. The van der Waals surface area contributed by atoms with E-state index in [2.05, 4.69) is 5.32 Å². The lowest BCUT2D eigenvalue weighted by atomic mass is 10.0. The lowest BCUT2D eigenvalue weighted by molar-refractivity contribution is -0.117. The van der Waals surface area contributed by atoms with Crippen LogP contribution in [0.2, 0.25) is 0 Å². The van der Waals surface area contributed by atoms with Gasteiger partial charge in [0.05, 0.1) is 0 Å². The Bertz CT molecular complexity index is 428. The van der Waals surface area contributed by atoms with Gasteiger partial charge in [0.25, 0.3) is 0 Å². The lowest BCUT2D eigenvalue weighted by Crippen LogP contribution is -2.16. The van der Waals surface area contributed by atoms with E-state index in [4.69, 9.17) is 0 Å². The van der Waals surface area contributed by atoms with Crippen molar-refractivity contribution in [2.75, 3.05) is 5.32 Å². The molecule has 2 atom stereocenters. The molecule has 2 saturated carbocycles. The number of aryl methyl sites for hydroxylation is 1. The van der Waals surface area contributed by atoms with Crippen molar-refractivity contribution >= 4 is 11.6 Å². The highest BCUT2D eigenvalue weighted by Crippen LogP contribution is 2.55. The second kappa shape index (κ2) is 4.17. The first-order valence-corrected chi connectivity index (χ1v) is 6.64. The average molecular weight is 229 g/mol. The van der Waals surface area contributed by atoms with Gasteiger partial charge in [0, 0.05) is 11.6 Å². The number of para-hydroxylation sites is 1. The van der Waals surface area contributed by atoms with Crippen molar-refractivity contribution in [1.82, 2.24) is 0 Å². The van der Waals surface area contributed by atoms with Gasteiger partial charge in [-0.3, -0.25) is 4.79 Å². The first kappa shape index (κ1) is 10.8. The molecule has 0 aliphatic heterocycles. The highest BCUT2D eigenvalue weighted by atomic mass is 16.2. The van der Waals surface area contributed by atoms with Gasteiger partial charge in [0.2, 0.25) is 5.91 Å². The van der Waals surface area contributed by atoms with Crippen LogP contribution in [0, 0.1) is 24.7 Å². The molecule has 0 unspecified atom stereocenters. The number of benzene rings is 1. The van der Waals surface area contributed by atoms with Crippen LogP contribution in [0.1, 0.15) is 31.2 Å². The van der Waals surface area contributed by atoms with Crippen molar-refractivity contribution in [1.29, 1.82) is 0 Å². The summed E-state index contributed by atoms with van der Waals surface area (Å²) in [5.41, 5.74) is 2.12. The molecular weight excluding hydrogens is 210 g/mol. The predicted octanol–water partition coefficient (Wildman–Crippen LogP) is 3.37. The van der Waals surface area contributed by atoms with Crippen LogP contribution in [0.3, 0.4) is 0 Å². The molecule has 17 heavy (non-hydrogen) atoms. The Morgan fingerprint density at radius 3 is 2.47 bits per heavy atom. The predicted molar refractivity (Wildman–Crippen MR) is 68.7 cm³/mol. The molecule has 1 aromatic rings. The zero-order valence-electron chi connectivity index (χ0n) is 10.3. The van der Waals surface area contributed by atoms with E-state index >= 15 is 0 Å². The number of carbonyl (C=O) groups is 1. The van der Waals surface area contributed by atoms with Crippen molar-refractivity contribution in [3.63, 3.8) is 0 Å². The number of nitrogens with one attached hydrogen (secondary N) is 1. The zero-order chi connectivity index (χ0) is 11.8. The monoisotopic (exact) mass is 229 g/mol. The molecule has 0 heterocycles. The molecule has 2 aliphatic rings. The van der Waals surface area contributed by atoms with Crippen molar-refractivity contribution in [3.05, 3.63) is 29.8 Å². The SMILES string of the molecule is Cc1ccccc1NC(=O)C1[C@H]2CCCC[C@H]12. The maximum absolute atomic E-state index is 12.2. The smallest absolute Gasteiger partial charge is 0.228 e. The van der Waals surface area contributed by atoms with Gasteiger partial charge in [-0.1, -0.05) is 31.0 Å². The van der Waals surface area contributed by atoms with Gasteiger partial charge < -0.3 is 5.32 Å². The molecule has 2 fully saturated rings. The fourth-order valence-electron chi connectivity index (χ4n) is 3.31. The van der Waals surface area contributed by atoms with Crippen LogP contribution in [0.4, 0.5) is 5.69 Å². The maximum atomic E-state index is 12.2. The van der Waals surface area contributed by atoms with Gasteiger partial charge in [-0.25, -0.2) is 0 Å². The third kappa shape index (κ3) is 1.97. The molecule has 1 amide bonds. The molecule has 0 radical (unpaired) electrons. The summed E-state index contributed by atoms with van der Waals surface area (Å²) >= 11 is 0. The highest BCUT2D eigenvalue weighted by molar-refractivity contribution is 5.95. The van der Waals surface area contributed by atoms with Gasteiger partial charge >= 0.3 is 0 Å². The second-order valence-corrected chi connectivity index (χ2v) is 5.44. The highest BCUT2D eigenvalue weighted by Gasteiger charge is 2.54. The van der Waals surface area contributed by atoms with E-state index in [1.54, 1.807) is 0 Å². The Hall–Kier alpha value is -1.31. The normalized spacial score (nSPS) is 30.5. The Labute approximate surface area is 102 Å². The molecule has 3 rings (SSSR count). The summed E-state index contributed by atoms with van der Waals surface area (Å²) in [5.74, 6) is 1.92. The Morgan fingerprint density at radius 2 is 1.82 bits per heavy atom. The van der Waals surface area contributed by atoms with Crippen LogP contribution < -0.4 is 5.32 Å². The van der Waals surface area contributed by atoms with Crippen LogP contribution in [0.15, 0.2) is 24.3 Å². The molecule has 0 aromatic heterocycles. The summed E-state index contributed by atoms with van der Waals surface area (Å²) in [6, 6.07) is 8.00. The molecule has 2 aliphatic carbocycles. The van der Waals surface area contributed by atoms with Gasteiger partial charge in [0.15, 0.2) is 0 Å². The molecule has 1 aromatic carbocycles. The Kier molecular flexibility index (Phi) is 2.65. The van der Waals surface area contributed by atoms with Gasteiger partial charge in [-0.15, -0.1) is 0 Å². The quantitative estimate of drug-likeness (QED) is 0.827. The van der Waals surface area contributed by atoms with Crippen molar-refractivity contribution in [3.8, 4) is 0 Å². The summed E-state index contributed by atoms with van der Waals surface area (Å²) in [6.07, 6.45) is 5.15. The summed E-state index contributed by atoms with van der Waals surface area (Å²) < 4.78 is 0. The molecule has 0 saturated heterocycles. The summed E-state index contributed by atoms with van der Waals surface area (Å²) in [7, 11) is 0. The van der Waals surface area contributed by atoms with E-state index in [-0.39, 0.29) is 5.91 Å². The number of fused-ring (bicyclic) bond motifs is 1. The number of anilines is 1. The molecule has 90 valence electrons. The topological polar surface area (TPSA) is 29.1 Å². The van der Waals surface area contributed by atoms with E-state index < -0.39 is 0 Å². The van der Waals surface area contributed by atoms with Crippen molar-refractivity contribution in [2.45, 2.75) is 32.6 Å². The minimum absolute atomic E-state index is 0.246. The number of rotatable bonds is 2. The zero-order valence-corrected chi connectivity index (χ0v) is 10.3. The summed E-state index contributed by atoms with van der Waals surface area (Å²) in [6.45, 7) is 2.04. The van der Waals surface area contributed by atoms with Crippen LogP contribution in [-0.2, 0) is 4.79 Å². The molecule has 0 bridgehead atoms. The second-order valence-electron chi connectivity index (χ2n) is 5.44. The van der Waals surface area contributed by atoms with Crippen LogP contribution in [0.25, 0.3) is 0 Å². The van der Waals surface area contributed by atoms with Crippen LogP contribution in [0.5, 0.6) is 0 Å². The van der Waals surface area contributed by atoms with Gasteiger partial charge in [-0.2, -0.15) is 0 Å². The largest absolute Gasteiger partial charge is 0.326 e. The first-order chi connectivity index (χ1) is 8.27. The maximum Gasteiger partial charge on any atom is 0.228 e. The Balaban J connectivity index is 1.67. The minimum atomic E-state index is 0.246. The minimum Gasteiger partial charge on any atom is -0.326 e. The Morgan fingerprint density at radius 1 is 1.18 bits per heavy atom. The van der Waals surface area contributed by atoms with E-state index in [9.17, 15) is 4.79 Å². The summed E-state index contributed by atoms with van der Waals surface area (Å²) in [5, 5.41) is 3.09. The summed E-state index contributed by atoms with van der Waals surface area (Å²) in [4.78, 5) is 12.2. The molecule has 0 spiro atoms. The molecular formula is C15H19NO. The van der Waals surface area contributed by atoms with Crippen molar-refractivity contribution < 1.29 is 4.79 Å². The first-order valence-electron chi connectivity index (χ1n) is 6.64.